The number of hydrogen-bond acceptors (Lipinski definition) is 5. The summed E-state index contributed by atoms with van der Waals surface area (Å²) in [5.74, 6) is 0.917. The van der Waals surface area contributed by atoms with Gasteiger partial charge in [-0.25, -0.2) is 4.98 Å². The van der Waals surface area contributed by atoms with Crippen molar-refractivity contribution < 1.29 is 9.53 Å². The van der Waals surface area contributed by atoms with Crippen LogP contribution in [0.3, 0.4) is 0 Å². The van der Waals surface area contributed by atoms with Crippen molar-refractivity contribution in [1.29, 1.82) is 0 Å². The highest BCUT2D eigenvalue weighted by Gasteiger charge is 2.30. The number of nitrogens with zero attached hydrogens (tertiary/aromatic N) is 5. The number of carbonyl (C=O) groups excluding carboxylic acids is 1. The highest BCUT2D eigenvalue weighted by atomic mass is 16.5. The van der Waals surface area contributed by atoms with E-state index in [1.165, 1.54) is 19.0 Å². The van der Waals surface area contributed by atoms with Crippen LogP contribution < -0.4 is 0 Å². The fraction of sp³-hybridized carbons (Fsp3) is 0.450. The Morgan fingerprint density at radius 1 is 1.33 bits per heavy atom. The molecule has 27 heavy (non-hydrogen) atoms. The van der Waals surface area contributed by atoms with E-state index in [4.69, 9.17) is 4.98 Å². The number of rotatable bonds is 6. The summed E-state index contributed by atoms with van der Waals surface area (Å²) in [7, 11) is 3.51. The molecule has 7 heteroatoms. The lowest BCUT2D eigenvalue weighted by molar-refractivity contribution is -0.140. The molecule has 0 bridgehead atoms. The van der Waals surface area contributed by atoms with E-state index < -0.39 is 0 Å². The maximum Gasteiger partial charge on any atom is 0.307 e. The van der Waals surface area contributed by atoms with Crippen molar-refractivity contribution >= 4 is 17.0 Å². The van der Waals surface area contributed by atoms with Crippen molar-refractivity contribution in [3.05, 3.63) is 48.0 Å². The van der Waals surface area contributed by atoms with Crippen molar-refractivity contribution in [1.82, 2.24) is 24.2 Å². The molecule has 1 aromatic carbocycles. The number of aryl methyl sites for hydroxylation is 2. The van der Waals surface area contributed by atoms with Gasteiger partial charge in [-0.05, 0) is 31.5 Å². The Morgan fingerprint density at radius 2 is 2.19 bits per heavy atom. The maximum absolute atomic E-state index is 11.3. The fourth-order valence-corrected chi connectivity index (χ4v) is 3.92. The molecular weight excluding hydrogens is 342 g/mol. The Balaban J connectivity index is 1.48. The van der Waals surface area contributed by atoms with Gasteiger partial charge in [0.25, 0.3) is 0 Å². The van der Waals surface area contributed by atoms with Gasteiger partial charge in [0.1, 0.15) is 5.82 Å². The third-order valence-electron chi connectivity index (χ3n) is 5.33. The molecule has 0 unspecified atom stereocenters. The molecular formula is C20H25N5O2. The average molecular weight is 367 g/mol. The maximum atomic E-state index is 11.3. The van der Waals surface area contributed by atoms with E-state index in [-0.39, 0.29) is 5.97 Å². The van der Waals surface area contributed by atoms with Crippen molar-refractivity contribution in [3.8, 4) is 0 Å². The first-order valence-corrected chi connectivity index (χ1v) is 9.39. The largest absolute Gasteiger partial charge is 0.469 e. The summed E-state index contributed by atoms with van der Waals surface area (Å²) >= 11 is 0. The van der Waals surface area contributed by atoms with Crippen LogP contribution in [0.25, 0.3) is 11.0 Å². The van der Waals surface area contributed by atoms with Crippen LogP contribution in [0.1, 0.15) is 36.7 Å². The van der Waals surface area contributed by atoms with Gasteiger partial charge in [-0.3, -0.25) is 14.4 Å². The topological polar surface area (TPSA) is 65.2 Å². The predicted molar refractivity (Wildman–Crippen MR) is 102 cm³/mol. The third-order valence-corrected chi connectivity index (χ3v) is 5.33. The number of ether oxygens (including phenoxy) is 1. The summed E-state index contributed by atoms with van der Waals surface area (Å²) in [6.07, 6.45) is 6.54. The normalized spacial score (nSPS) is 17.6. The summed E-state index contributed by atoms with van der Waals surface area (Å²) in [5.41, 5.74) is 3.39. The first-order chi connectivity index (χ1) is 13.2. The minimum Gasteiger partial charge on any atom is -0.469 e. The smallest absolute Gasteiger partial charge is 0.307 e. The van der Waals surface area contributed by atoms with Crippen LogP contribution in [0.15, 0.2) is 36.7 Å². The monoisotopic (exact) mass is 367 g/mol. The molecule has 0 amide bonds. The summed E-state index contributed by atoms with van der Waals surface area (Å²) in [6.45, 7) is 2.44. The number of fused-ring (bicyclic) bond motifs is 1. The fourth-order valence-electron chi connectivity index (χ4n) is 3.92. The lowest BCUT2D eigenvalue weighted by Crippen LogP contribution is -2.24. The molecule has 0 radical (unpaired) electrons. The molecule has 1 aliphatic rings. The van der Waals surface area contributed by atoms with Crippen LogP contribution in [0.2, 0.25) is 0 Å². The molecule has 0 aliphatic carbocycles. The first-order valence-electron chi connectivity index (χ1n) is 9.39. The van der Waals surface area contributed by atoms with Crippen molar-refractivity contribution in [2.45, 2.75) is 38.4 Å². The lowest BCUT2D eigenvalue weighted by atomic mass is 10.2. The number of benzene rings is 1. The van der Waals surface area contributed by atoms with Crippen molar-refractivity contribution in [2.24, 2.45) is 7.05 Å². The van der Waals surface area contributed by atoms with E-state index in [0.717, 1.165) is 36.4 Å². The van der Waals surface area contributed by atoms with Gasteiger partial charge in [0.2, 0.25) is 0 Å². The Labute approximate surface area is 158 Å². The number of carbonyl (C=O) groups is 1. The second-order valence-electron chi connectivity index (χ2n) is 7.08. The molecule has 7 nitrogen and oxygen atoms in total. The summed E-state index contributed by atoms with van der Waals surface area (Å²) in [6, 6.07) is 8.61. The number of likely N-dealkylation sites (tertiary alicyclic amines) is 1. The molecule has 142 valence electrons. The Bertz CT molecular complexity index is 945. The third kappa shape index (κ3) is 3.60. The standard InChI is InChI=1S/C20H25N5O2/c1-23-17-7-4-3-6-16(17)22-20(23)18-8-5-10-24(18)13-15-12-21-25(14-15)11-9-19(26)27-2/h3-4,6-7,12,14,18H,5,8-11,13H2,1-2H3/t18-/m0/s1. The molecule has 1 saturated heterocycles. The van der Waals surface area contributed by atoms with Crippen molar-refractivity contribution in [3.63, 3.8) is 0 Å². The van der Waals surface area contributed by atoms with Gasteiger partial charge in [-0.2, -0.15) is 5.10 Å². The number of para-hydroxylation sites is 2. The zero-order valence-corrected chi connectivity index (χ0v) is 15.8. The molecule has 0 spiro atoms. The number of hydrogen-bond donors (Lipinski definition) is 0. The molecule has 0 N–H and O–H groups in total. The van der Waals surface area contributed by atoms with Gasteiger partial charge >= 0.3 is 5.97 Å². The predicted octanol–water partition coefficient (Wildman–Crippen LogP) is 2.67. The van der Waals surface area contributed by atoms with Gasteiger partial charge in [0.05, 0.1) is 43.3 Å². The Kier molecular flexibility index (Phi) is 4.94. The molecule has 1 fully saturated rings. The van der Waals surface area contributed by atoms with Crippen LogP contribution in [0, 0.1) is 0 Å². The van der Waals surface area contributed by atoms with E-state index in [0.29, 0.717) is 19.0 Å². The van der Waals surface area contributed by atoms with Crippen LogP contribution in [-0.4, -0.2) is 43.9 Å². The summed E-state index contributed by atoms with van der Waals surface area (Å²) < 4.78 is 8.72. The van der Waals surface area contributed by atoms with E-state index >= 15 is 0 Å². The van der Waals surface area contributed by atoms with Crippen LogP contribution >= 0.6 is 0 Å². The Morgan fingerprint density at radius 3 is 3.00 bits per heavy atom. The molecule has 3 heterocycles. The number of methoxy groups -OCH3 is 1. The zero-order valence-electron chi connectivity index (χ0n) is 15.8. The van der Waals surface area contributed by atoms with Gasteiger partial charge in [0.15, 0.2) is 0 Å². The van der Waals surface area contributed by atoms with Crippen molar-refractivity contribution in [2.75, 3.05) is 13.7 Å². The molecule has 1 atom stereocenters. The number of esters is 1. The minimum atomic E-state index is -0.214. The molecule has 3 aromatic rings. The lowest BCUT2D eigenvalue weighted by Gasteiger charge is -2.23. The highest BCUT2D eigenvalue weighted by molar-refractivity contribution is 5.75. The quantitative estimate of drug-likeness (QED) is 0.627. The van der Waals surface area contributed by atoms with Gasteiger partial charge in [0, 0.05) is 25.4 Å². The van der Waals surface area contributed by atoms with Gasteiger partial charge < -0.3 is 9.30 Å². The number of aromatic nitrogens is 4. The zero-order chi connectivity index (χ0) is 18.8. The summed E-state index contributed by atoms with van der Waals surface area (Å²) in [5, 5.41) is 4.38. The molecule has 1 aliphatic heterocycles. The van der Waals surface area contributed by atoms with Gasteiger partial charge in [-0.15, -0.1) is 0 Å². The van der Waals surface area contributed by atoms with Crippen LogP contribution in [0.4, 0.5) is 0 Å². The molecule has 4 rings (SSSR count). The SMILES string of the molecule is COC(=O)CCn1cc(CN2CCC[C@H]2c2nc3ccccc3n2C)cn1. The second kappa shape index (κ2) is 7.52. The van der Waals surface area contributed by atoms with Crippen LogP contribution in [0.5, 0.6) is 0 Å². The molecule has 0 saturated carbocycles. The highest BCUT2D eigenvalue weighted by Crippen LogP contribution is 2.33. The summed E-state index contributed by atoms with van der Waals surface area (Å²) in [4.78, 5) is 18.7. The minimum absolute atomic E-state index is 0.214. The number of imidazole rings is 1. The van der Waals surface area contributed by atoms with E-state index in [9.17, 15) is 4.79 Å². The van der Waals surface area contributed by atoms with Crippen LogP contribution in [-0.2, 0) is 29.7 Å². The van der Waals surface area contributed by atoms with Gasteiger partial charge in [-0.1, -0.05) is 12.1 Å². The van der Waals surface area contributed by atoms with E-state index in [2.05, 4.69) is 44.5 Å². The average Bonchev–Trinajstić information content (AvgIpc) is 3.40. The second-order valence-corrected chi connectivity index (χ2v) is 7.08. The Hall–Kier alpha value is -2.67. The van der Waals surface area contributed by atoms with E-state index in [1.807, 2.05) is 23.1 Å². The first kappa shape index (κ1) is 17.7. The molecule has 2 aromatic heterocycles. The van der Waals surface area contributed by atoms with E-state index in [1.54, 1.807) is 0 Å².